The Balaban J connectivity index is 0.00000225. The van der Waals surface area contributed by atoms with E-state index in [1.165, 1.54) is 6.42 Å². The third-order valence-corrected chi connectivity index (χ3v) is 3.30. The fourth-order valence-electron chi connectivity index (χ4n) is 2.15. The number of piperidine rings is 1. The van der Waals surface area contributed by atoms with Gasteiger partial charge in [0.2, 0.25) is 5.91 Å². The summed E-state index contributed by atoms with van der Waals surface area (Å²) < 4.78 is 0. The van der Waals surface area contributed by atoms with Crippen molar-refractivity contribution >= 4 is 18.3 Å². The van der Waals surface area contributed by atoms with Crippen LogP contribution in [0.1, 0.15) is 46.0 Å². The Bertz CT molecular complexity index is 209. The minimum absolute atomic E-state index is 0. The lowest BCUT2D eigenvalue weighted by Crippen LogP contribution is -2.44. The highest BCUT2D eigenvalue weighted by Crippen LogP contribution is 2.19. The van der Waals surface area contributed by atoms with E-state index in [2.05, 4.69) is 6.92 Å². The van der Waals surface area contributed by atoms with Crippen LogP contribution in [0.2, 0.25) is 0 Å². The Labute approximate surface area is 105 Å². The lowest BCUT2D eigenvalue weighted by Gasteiger charge is -2.34. The zero-order valence-corrected chi connectivity index (χ0v) is 11.3. The summed E-state index contributed by atoms with van der Waals surface area (Å²) in [7, 11) is 0. The molecule has 0 bridgehead atoms. The summed E-state index contributed by atoms with van der Waals surface area (Å²) in [5.74, 6) is 0.825. The van der Waals surface area contributed by atoms with Crippen molar-refractivity contribution in [3.8, 4) is 0 Å². The summed E-state index contributed by atoms with van der Waals surface area (Å²) in [5.41, 5.74) is 5.89. The first-order valence-corrected chi connectivity index (χ1v) is 6.18. The molecule has 1 amide bonds. The summed E-state index contributed by atoms with van der Waals surface area (Å²) in [6, 6.07) is 0.215. The number of carbonyl (C=O) groups is 1. The monoisotopic (exact) mass is 248 g/mol. The van der Waals surface area contributed by atoms with Crippen molar-refractivity contribution in [2.75, 3.05) is 13.1 Å². The zero-order chi connectivity index (χ0) is 11.3. The maximum absolute atomic E-state index is 11.8. The van der Waals surface area contributed by atoms with E-state index in [9.17, 15) is 4.79 Å². The number of hydrogen-bond donors (Lipinski definition) is 1. The normalized spacial score (nSPS) is 22.4. The van der Waals surface area contributed by atoms with Gasteiger partial charge in [0, 0.05) is 25.6 Å². The lowest BCUT2D eigenvalue weighted by atomic mass is 9.92. The van der Waals surface area contributed by atoms with Crippen LogP contribution in [0.5, 0.6) is 0 Å². The van der Waals surface area contributed by atoms with Crippen molar-refractivity contribution in [2.45, 2.75) is 52.0 Å². The van der Waals surface area contributed by atoms with Crippen molar-refractivity contribution in [3.63, 3.8) is 0 Å². The smallest absolute Gasteiger partial charge is 0.222 e. The van der Waals surface area contributed by atoms with E-state index in [4.69, 9.17) is 5.73 Å². The Morgan fingerprint density at radius 2 is 2.25 bits per heavy atom. The first-order chi connectivity index (χ1) is 7.15. The second-order valence-corrected chi connectivity index (χ2v) is 4.70. The average Bonchev–Trinajstić information content (AvgIpc) is 2.26. The number of carbonyl (C=O) groups excluding carboxylic acids is 1. The summed E-state index contributed by atoms with van der Waals surface area (Å²) in [4.78, 5) is 13.8. The van der Waals surface area contributed by atoms with Crippen LogP contribution in [0.15, 0.2) is 0 Å². The van der Waals surface area contributed by atoms with Gasteiger partial charge in [-0.1, -0.05) is 13.3 Å². The molecule has 0 aromatic heterocycles. The first-order valence-electron chi connectivity index (χ1n) is 6.18. The van der Waals surface area contributed by atoms with Crippen LogP contribution in [0, 0.1) is 5.92 Å². The maximum Gasteiger partial charge on any atom is 0.222 e. The second-order valence-electron chi connectivity index (χ2n) is 4.70. The summed E-state index contributed by atoms with van der Waals surface area (Å²) in [6.45, 7) is 5.98. The molecule has 0 aromatic rings. The van der Waals surface area contributed by atoms with Gasteiger partial charge >= 0.3 is 0 Å². The molecule has 0 radical (unpaired) electrons. The fraction of sp³-hybridized carbons (Fsp3) is 0.917. The number of likely N-dealkylation sites (tertiary alicyclic amines) is 1. The van der Waals surface area contributed by atoms with Crippen molar-refractivity contribution in [2.24, 2.45) is 11.7 Å². The summed E-state index contributed by atoms with van der Waals surface area (Å²) in [6.07, 6.45) is 5.11. The molecule has 2 N–H and O–H groups in total. The largest absolute Gasteiger partial charge is 0.342 e. The Hall–Kier alpha value is -0.280. The van der Waals surface area contributed by atoms with Crippen molar-refractivity contribution in [1.82, 2.24) is 4.90 Å². The summed E-state index contributed by atoms with van der Waals surface area (Å²) >= 11 is 0. The molecule has 4 heteroatoms. The van der Waals surface area contributed by atoms with E-state index in [-0.39, 0.29) is 18.4 Å². The standard InChI is InChI=1S/C12H24N2O.ClH/c1-3-4-7-12(15)14-8-5-6-11(9-14)10(2)13;/h10-11H,3-9,13H2,1-2H3;1H. The molecule has 0 aromatic carbocycles. The second kappa shape index (κ2) is 7.91. The third kappa shape index (κ3) is 4.71. The van der Waals surface area contributed by atoms with Crippen molar-refractivity contribution in [1.29, 1.82) is 0 Å². The molecule has 1 saturated heterocycles. The van der Waals surface area contributed by atoms with Crippen LogP contribution in [-0.2, 0) is 4.79 Å². The van der Waals surface area contributed by atoms with Crippen molar-refractivity contribution < 1.29 is 4.79 Å². The highest BCUT2D eigenvalue weighted by atomic mass is 35.5. The summed E-state index contributed by atoms with van der Waals surface area (Å²) in [5, 5.41) is 0. The van der Waals surface area contributed by atoms with Gasteiger partial charge in [0.25, 0.3) is 0 Å². The van der Waals surface area contributed by atoms with Crippen molar-refractivity contribution in [3.05, 3.63) is 0 Å². The van der Waals surface area contributed by atoms with E-state index >= 15 is 0 Å². The molecule has 0 spiro atoms. The molecule has 1 aliphatic heterocycles. The molecule has 1 heterocycles. The highest BCUT2D eigenvalue weighted by Gasteiger charge is 2.25. The molecule has 96 valence electrons. The number of unbranched alkanes of at least 4 members (excludes halogenated alkanes) is 1. The van der Waals surface area contributed by atoms with E-state index in [0.29, 0.717) is 18.2 Å². The van der Waals surface area contributed by atoms with Gasteiger partial charge in [-0.2, -0.15) is 0 Å². The quantitative estimate of drug-likeness (QED) is 0.829. The minimum atomic E-state index is 0. The molecule has 2 unspecified atom stereocenters. The average molecular weight is 249 g/mol. The zero-order valence-electron chi connectivity index (χ0n) is 10.4. The molecular weight excluding hydrogens is 224 g/mol. The van der Waals surface area contributed by atoms with Crippen LogP contribution in [0.4, 0.5) is 0 Å². The number of rotatable bonds is 4. The van der Waals surface area contributed by atoms with E-state index < -0.39 is 0 Å². The van der Waals surface area contributed by atoms with E-state index in [0.717, 1.165) is 32.4 Å². The van der Waals surface area contributed by atoms with E-state index in [1.807, 2.05) is 11.8 Å². The van der Waals surface area contributed by atoms with Gasteiger partial charge in [0.05, 0.1) is 0 Å². The molecule has 0 saturated carbocycles. The Morgan fingerprint density at radius 3 is 2.81 bits per heavy atom. The number of halogens is 1. The number of hydrogen-bond acceptors (Lipinski definition) is 2. The fourth-order valence-corrected chi connectivity index (χ4v) is 2.15. The van der Waals surface area contributed by atoms with Crippen LogP contribution < -0.4 is 5.73 Å². The van der Waals surface area contributed by atoms with E-state index in [1.54, 1.807) is 0 Å². The molecule has 3 nitrogen and oxygen atoms in total. The highest BCUT2D eigenvalue weighted by molar-refractivity contribution is 5.85. The number of nitrogens with zero attached hydrogens (tertiary/aromatic N) is 1. The molecule has 2 atom stereocenters. The molecule has 16 heavy (non-hydrogen) atoms. The van der Waals surface area contributed by atoms with Crippen LogP contribution in [-0.4, -0.2) is 29.9 Å². The van der Waals surface area contributed by atoms with Gasteiger partial charge < -0.3 is 10.6 Å². The number of amides is 1. The minimum Gasteiger partial charge on any atom is -0.342 e. The van der Waals surface area contributed by atoms with Gasteiger partial charge in [-0.3, -0.25) is 4.79 Å². The molecular formula is C12H25ClN2O. The predicted octanol–water partition coefficient (Wildman–Crippen LogP) is 2.18. The van der Waals surface area contributed by atoms with Crippen LogP contribution in [0.3, 0.4) is 0 Å². The third-order valence-electron chi connectivity index (χ3n) is 3.30. The molecule has 0 aliphatic carbocycles. The van der Waals surface area contributed by atoms with Crippen LogP contribution in [0.25, 0.3) is 0 Å². The van der Waals surface area contributed by atoms with Gasteiger partial charge in [0.1, 0.15) is 0 Å². The van der Waals surface area contributed by atoms with Crippen LogP contribution >= 0.6 is 12.4 Å². The van der Waals surface area contributed by atoms with Gasteiger partial charge in [-0.05, 0) is 32.1 Å². The SMILES string of the molecule is CCCCC(=O)N1CCCC(C(C)N)C1.Cl. The molecule has 1 rings (SSSR count). The Morgan fingerprint density at radius 1 is 1.56 bits per heavy atom. The lowest BCUT2D eigenvalue weighted by molar-refractivity contribution is -0.133. The Kier molecular flexibility index (Phi) is 7.77. The van der Waals surface area contributed by atoms with Gasteiger partial charge in [0.15, 0.2) is 0 Å². The van der Waals surface area contributed by atoms with Gasteiger partial charge in [-0.25, -0.2) is 0 Å². The topological polar surface area (TPSA) is 46.3 Å². The molecule has 1 aliphatic rings. The molecule has 1 fully saturated rings. The first kappa shape index (κ1) is 15.7. The predicted molar refractivity (Wildman–Crippen MR) is 69.7 cm³/mol. The van der Waals surface area contributed by atoms with Gasteiger partial charge in [-0.15, -0.1) is 12.4 Å². The number of nitrogens with two attached hydrogens (primary N) is 1. The maximum atomic E-state index is 11.8.